The van der Waals surface area contributed by atoms with Gasteiger partial charge < -0.3 is 19.9 Å². The third-order valence-corrected chi connectivity index (χ3v) is 5.50. The van der Waals surface area contributed by atoms with Crippen molar-refractivity contribution in [3.63, 3.8) is 0 Å². The van der Waals surface area contributed by atoms with Gasteiger partial charge in [0.2, 0.25) is 11.7 Å². The molecular weight excluding hydrogens is 358 g/mol. The number of rotatable bonds is 7. The van der Waals surface area contributed by atoms with Gasteiger partial charge in [0.25, 0.3) is 5.89 Å². The molecule has 2 heterocycles. The van der Waals surface area contributed by atoms with Gasteiger partial charge in [-0.2, -0.15) is 10.2 Å². The van der Waals surface area contributed by atoms with Crippen LogP contribution in [0.2, 0.25) is 0 Å². The van der Waals surface area contributed by atoms with Crippen LogP contribution in [0.3, 0.4) is 0 Å². The molecule has 146 valence electrons. The lowest BCUT2D eigenvalue weighted by molar-refractivity contribution is -0.124. The van der Waals surface area contributed by atoms with Gasteiger partial charge in [-0.3, -0.25) is 4.79 Å². The average molecular weight is 381 g/mol. The number of piperidine rings is 1. The van der Waals surface area contributed by atoms with E-state index in [0.717, 1.165) is 30.4 Å². The van der Waals surface area contributed by atoms with Gasteiger partial charge >= 0.3 is 0 Å². The molecule has 4 atom stereocenters. The van der Waals surface area contributed by atoms with Gasteiger partial charge in [0, 0.05) is 25.1 Å². The number of fused-ring (bicyclic) bond motifs is 2. The highest BCUT2D eigenvalue weighted by Gasteiger charge is 2.43. The minimum Gasteiger partial charge on any atom is -0.375 e. The van der Waals surface area contributed by atoms with Crippen LogP contribution in [0, 0.1) is 17.2 Å². The minimum absolute atomic E-state index is 0.0622. The lowest BCUT2D eigenvalue weighted by Gasteiger charge is -2.23. The van der Waals surface area contributed by atoms with Crippen LogP contribution in [-0.2, 0) is 22.6 Å². The molecule has 8 nitrogen and oxygen atoms in total. The summed E-state index contributed by atoms with van der Waals surface area (Å²) in [4.78, 5) is 16.8. The number of hydrogen-bond donors (Lipinski definition) is 2. The average Bonchev–Trinajstić information content (AvgIpc) is 3.45. The number of methoxy groups -OCH3 is 1. The van der Waals surface area contributed by atoms with Crippen LogP contribution in [0.1, 0.15) is 30.7 Å². The second kappa shape index (κ2) is 8.09. The second-order valence-electron chi connectivity index (χ2n) is 7.45. The molecular formula is C20H23N5O3. The van der Waals surface area contributed by atoms with E-state index in [1.54, 1.807) is 7.11 Å². The number of benzene rings is 1. The molecule has 28 heavy (non-hydrogen) atoms. The maximum absolute atomic E-state index is 12.5. The molecule has 1 amide bonds. The van der Waals surface area contributed by atoms with Crippen molar-refractivity contribution in [3.8, 4) is 17.5 Å². The highest BCUT2D eigenvalue weighted by Crippen LogP contribution is 2.35. The summed E-state index contributed by atoms with van der Waals surface area (Å²) in [5.74, 6) is 1.25. The maximum atomic E-state index is 12.5. The van der Waals surface area contributed by atoms with Crippen molar-refractivity contribution in [2.45, 2.75) is 50.4 Å². The van der Waals surface area contributed by atoms with Gasteiger partial charge in [-0.05, 0) is 30.7 Å². The minimum atomic E-state index is -0.558. The van der Waals surface area contributed by atoms with Crippen LogP contribution in [0.4, 0.5) is 0 Å². The van der Waals surface area contributed by atoms with Gasteiger partial charge in [-0.15, -0.1) is 0 Å². The first-order valence-electron chi connectivity index (χ1n) is 9.53. The van der Waals surface area contributed by atoms with Gasteiger partial charge in [0.15, 0.2) is 0 Å². The fourth-order valence-corrected chi connectivity index (χ4v) is 4.12. The number of carbonyl (C=O) groups excluding carboxylic acids is 1. The number of nitriles is 1. The Morgan fingerprint density at radius 1 is 1.43 bits per heavy atom. The first kappa shape index (κ1) is 18.6. The van der Waals surface area contributed by atoms with E-state index in [4.69, 9.17) is 9.26 Å². The summed E-state index contributed by atoms with van der Waals surface area (Å²) in [6, 6.07) is 9.53. The SMILES string of the molecule is COCc1nc(-c2ccc(C[C@@H](C#N)NC(=O)[C@H]3NC4CC[C@H]3C4)cc2)no1. The first-order chi connectivity index (χ1) is 13.7. The number of amides is 1. The van der Waals surface area contributed by atoms with Crippen molar-refractivity contribution in [2.75, 3.05) is 7.11 Å². The fourth-order valence-electron chi connectivity index (χ4n) is 4.12. The molecule has 2 bridgehead atoms. The summed E-state index contributed by atoms with van der Waals surface area (Å²) in [7, 11) is 1.57. The highest BCUT2D eigenvalue weighted by atomic mass is 16.5. The number of nitrogens with one attached hydrogen (secondary N) is 2. The fraction of sp³-hybridized carbons (Fsp3) is 0.500. The standard InChI is InChI=1S/C20H23N5O3/c1-27-11-17-24-19(25-28-17)13-4-2-12(3-5-13)8-16(10-21)23-20(26)18-14-6-7-15(9-14)22-18/h2-5,14-16,18,22H,6-9,11H2,1H3,(H,23,26)/t14-,15?,16-,18-/m0/s1. The lowest BCUT2D eigenvalue weighted by atomic mass is 9.98. The molecule has 1 aromatic heterocycles. The molecule has 1 aromatic carbocycles. The predicted molar refractivity (Wildman–Crippen MR) is 99.7 cm³/mol. The smallest absolute Gasteiger partial charge is 0.252 e. The van der Waals surface area contributed by atoms with Crippen LogP contribution in [0.25, 0.3) is 11.4 Å². The van der Waals surface area contributed by atoms with Gasteiger partial charge in [0.1, 0.15) is 12.6 Å². The zero-order chi connectivity index (χ0) is 19.5. The molecule has 2 fully saturated rings. The van der Waals surface area contributed by atoms with E-state index >= 15 is 0 Å². The van der Waals surface area contributed by atoms with E-state index in [1.807, 2.05) is 24.3 Å². The number of carbonyl (C=O) groups is 1. The summed E-state index contributed by atoms with van der Waals surface area (Å²) in [5.41, 5.74) is 1.77. The summed E-state index contributed by atoms with van der Waals surface area (Å²) in [5, 5.41) is 19.7. The van der Waals surface area contributed by atoms with E-state index in [9.17, 15) is 10.1 Å². The van der Waals surface area contributed by atoms with E-state index in [0.29, 0.717) is 30.1 Å². The van der Waals surface area contributed by atoms with E-state index in [2.05, 4.69) is 26.8 Å². The largest absolute Gasteiger partial charge is 0.375 e. The zero-order valence-corrected chi connectivity index (χ0v) is 15.7. The molecule has 2 N–H and O–H groups in total. The molecule has 4 rings (SSSR count). The van der Waals surface area contributed by atoms with Crippen LogP contribution in [-0.4, -0.2) is 41.3 Å². The summed E-state index contributed by atoms with van der Waals surface area (Å²) < 4.78 is 10.1. The molecule has 1 unspecified atom stereocenters. The van der Waals surface area contributed by atoms with Crippen LogP contribution in [0.5, 0.6) is 0 Å². The second-order valence-corrected chi connectivity index (χ2v) is 7.45. The number of aromatic nitrogens is 2. The van der Waals surface area contributed by atoms with Gasteiger partial charge in [-0.1, -0.05) is 29.4 Å². The van der Waals surface area contributed by atoms with Crippen molar-refractivity contribution >= 4 is 5.91 Å². The Kier molecular flexibility index (Phi) is 5.37. The van der Waals surface area contributed by atoms with Crippen LogP contribution < -0.4 is 10.6 Å². The number of nitrogens with zero attached hydrogens (tertiary/aromatic N) is 3. The quantitative estimate of drug-likeness (QED) is 0.748. The first-order valence-corrected chi connectivity index (χ1v) is 9.53. The van der Waals surface area contributed by atoms with E-state index < -0.39 is 6.04 Å². The molecule has 1 aliphatic heterocycles. The molecule has 2 aliphatic rings. The third kappa shape index (κ3) is 3.91. The molecule has 8 heteroatoms. The lowest BCUT2D eigenvalue weighted by Crippen LogP contribution is -2.50. The number of hydrogen-bond acceptors (Lipinski definition) is 7. The van der Waals surface area contributed by atoms with E-state index in [-0.39, 0.29) is 18.6 Å². The van der Waals surface area contributed by atoms with Crippen molar-refractivity contribution in [2.24, 2.45) is 5.92 Å². The Morgan fingerprint density at radius 2 is 2.25 bits per heavy atom. The summed E-state index contributed by atoms with van der Waals surface area (Å²) in [6.07, 6.45) is 3.76. The Morgan fingerprint density at radius 3 is 2.89 bits per heavy atom. The molecule has 1 saturated heterocycles. The Labute approximate surface area is 163 Å². The molecule has 1 saturated carbocycles. The maximum Gasteiger partial charge on any atom is 0.252 e. The molecule has 1 aliphatic carbocycles. The third-order valence-electron chi connectivity index (χ3n) is 5.50. The highest BCUT2D eigenvalue weighted by molar-refractivity contribution is 5.83. The van der Waals surface area contributed by atoms with Crippen molar-refractivity contribution in [1.82, 2.24) is 20.8 Å². The van der Waals surface area contributed by atoms with Crippen LogP contribution >= 0.6 is 0 Å². The predicted octanol–water partition coefficient (Wildman–Crippen LogP) is 1.57. The Hall–Kier alpha value is -2.76. The Bertz CT molecular complexity index is 873. The van der Waals surface area contributed by atoms with Crippen LogP contribution in [0.15, 0.2) is 28.8 Å². The van der Waals surface area contributed by atoms with Crippen molar-refractivity contribution in [3.05, 3.63) is 35.7 Å². The molecule has 0 spiro atoms. The monoisotopic (exact) mass is 381 g/mol. The molecule has 0 radical (unpaired) electrons. The topological polar surface area (TPSA) is 113 Å². The normalized spacial score (nSPS) is 24.1. The summed E-state index contributed by atoms with van der Waals surface area (Å²) in [6.45, 7) is 0.270. The molecule has 2 aromatic rings. The van der Waals surface area contributed by atoms with Crippen molar-refractivity contribution < 1.29 is 14.1 Å². The Balaban J connectivity index is 1.35. The van der Waals surface area contributed by atoms with Gasteiger partial charge in [-0.25, -0.2) is 0 Å². The number of ether oxygens (including phenoxy) is 1. The van der Waals surface area contributed by atoms with Crippen molar-refractivity contribution in [1.29, 1.82) is 5.26 Å². The summed E-state index contributed by atoms with van der Waals surface area (Å²) >= 11 is 0. The van der Waals surface area contributed by atoms with Gasteiger partial charge in [0.05, 0.1) is 12.1 Å². The van der Waals surface area contributed by atoms with E-state index in [1.165, 1.54) is 0 Å². The zero-order valence-electron chi connectivity index (χ0n) is 15.7.